The average molecular weight is 466 g/mol. The highest BCUT2D eigenvalue weighted by molar-refractivity contribution is 5.95. The number of amides is 2. The second-order valence-electron chi connectivity index (χ2n) is 7.75. The third-order valence-corrected chi connectivity index (χ3v) is 5.38. The minimum Gasteiger partial charge on any atom is -0.497 e. The van der Waals surface area contributed by atoms with Gasteiger partial charge in [-0.3, -0.25) is 23.9 Å². The number of aromatic nitrogens is 2. The van der Waals surface area contributed by atoms with Crippen LogP contribution in [0.2, 0.25) is 0 Å². The number of carbonyl (C=O) groups excluding carboxylic acids is 2. The number of ether oxygens (including phenoxy) is 1. The van der Waals surface area contributed by atoms with Crippen molar-refractivity contribution in [1.82, 2.24) is 14.9 Å². The normalized spacial score (nSPS) is 11.5. The van der Waals surface area contributed by atoms with Crippen LogP contribution in [0.4, 0.5) is 11.5 Å². The topological polar surface area (TPSA) is 140 Å². The first-order valence-electron chi connectivity index (χ1n) is 10.6. The van der Waals surface area contributed by atoms with Crippen LogP contribution in [0.25, 0.3) is 0 Å². The van der Waals surface area contributed by atoms with Crippen molar-refractivity contribution in [2.75, 3.05) is 24.8 Å². The summed E-state index contributed by atoms with van der Waals surface area (Å²) in [5.74, 6) is -0.288. The van der Waals surface area contributed by atoms with E-state index in [0.717, 1.165) is 10.5 Å². The Bertz CT molecular complexity index is 1280. The number of hydrogen-bond acceptors (Lipinski definition) is 6. The molecule has 2 aromatic carbocycles. The summed E-state index contributed by atoms with van der Waals surface area (Å²) in [5.41, 5.74) is 6.09. The first kappa shape index (κ1) is 24.3. The van der Waals surface area contributed by atoms with Crippen molar-refractivity contribution in [2.24, 2.45) is 0 Å². The van der Waals surface area contributed by atoms with Gasteiger partial charge in [0.15, 0.2) is 5.69 Å². The Hall–Kier alpha value is -4.34. The van der Waals surface area contributed by atoms with Gasteiger partial charge in [-0.25, -0.2) is 4.79 Å². The van der Waals surface area contributed by atoms with E-state index < -0.39 is 23.2 Å². The molecule has 0 aliphatic rings. The van der Waals surface area contributed by atoms with Gasteiger partial charge in [0, 0.05) is 14.0 Å². The van der Waals surface area contributed by atoms with E-state index in [2.05, 4.69) is 10.3 Å². The average Bonchev–Trinajstić information content (AvgIpc) is 2.81. The first-order chi connectivity index (χ1) is 16.2. The van der Waals surface area contributed by atoms with Crippen molar-refractivity contribution < 1.29 is 14.3 Å². The number of nitrogens with one attached hydrogen (secondary N) is 2. The van der Waals surface area contributed by atoms with Gasteiger partial charge in [0.05, 0.1) is 26.1 Å². The Morgan fingerprint density at radius 2 is 1.76 bits per heavy atom. The van der Waals surface area contributed by atoms with Crippen LogP contribution in [0.5, 0.6) is 5.75 Å². The third kappa shape index (κ3) is 5.52. The smallest absolute Gasteiger partial charge is 0.330 e. The van der Waals surface area contributed by atoms with E-state index in [0.29, 0.717) is 11.3 Å². The van der Waals surface area contributed by atoms with Gasteiger partial charge >= 0.3 is 5.69 Å². The Morgan fingerprint density at radius 1 is 1.12 bits per heavy atom. The van der Waals surface area contributed by atoms with Crippen molar-refractivity contribution in [3.63, 3.8) is 0 Å². The summed E-state index contributed by atoms with van der Waals surface area (Å²) in [6.45, 7) is 1.48. The van der Waals surface area contributed by atoms with Crippen LogP contribution in [-0.4, -0.2) is 35.5 Å². The van der Waals surface area contributed by atoms with Crippen LogP contribution in [0, 0.1) is 0 Å². The summed E-state index contributed by atoms with van der Waals surface area (Å²) in [6.07, 6.45) is -0.140. The van der Waals surface area contributed by atoms with Crippen molar-refractivity contribution in [2.45, 2.75) is 25.9 Å². The van der Waals surface area contributed by atoms with Gasteiger partial charge < -0.3 is 20.7 Å². The lowest BCUT2D eigenvalue weighted by Gasteiger charge is -2.24. The summed E-state index contributed by atoms with van der Waals surface area (Å²) < 4.78 is 6.35. The molecule has 1 heterocycles. The zero-order valence-electron chi connectivity index (χ0n) is 19.2. The molecule has 10 nitrogen and oxygen atoms in total. The lowest BCUT2D eigenvalue weighted by atomic mass is 10.0. The molecule has 0 fully saturated rings. The van der Waals surface area contributed by atoms with Gasteiger partial charge in [-0.1, -0.05) is 42.5 Å². The number of carbonyl (C=O) groups is 2. The summed E-state index contributed by atoms with van der Waals surface area (Å²) in [7, 11) is 2.94. The molecular formula is C24H27N5O5. The lowest BCUT2D eigenvalue weighted by Crippen LogP contribution is -2.40. The number of nitrogens with zero attached hydrogens (tertiary/aromatic N) is 2. The van der Waals surface area contributed by atoms with Gasteiger partial charge in [0.2, 0.25) is 11.8 Å². The molecule has 0 saturated carbocycles. The molecule has 10 heteroatoms. The van der Waals surface area contributed by atoms with Crippen LogP contribution in [-0.2, 0) is 16.1 Å². The zero-order chi connectivity index (χ0) is 24.8. The second-order valence-corrected chi connectivity index (χ2v) is 7.75. The predicted octanol–water partition coefficient (Wildman–Crippen LogP) is 1.41. The molecule has 0 aliphatic carbocycles. The summed E-state index contributed by atoms with van der Waals surface area (Å²) >= 11 is 0. The molecular weight excluding hydrogens is 438 g/mol. The van der Waals surface area contributed by atoms with Gasteiger partial charge in [0.25, 0.3) is 5.56 Å². The number of H-pyrrole nitrogens is 1. The Labute approximate surface area is 196 Å². The molecule has 3 rings (SSSR count). The monoisotopic (exact) mass is 465 g/mol. The molecule has 178 valence electrons. The second kappa shape index (κ2) is 10.5. The van der Waals surface area contributed by atoms with Gasteiger partial charge in [-0.15, -0.1) is 0 Å². The quantitative estimate of drug-likeness (QED) is 0.460. The van der Waals surface area contributed by atoms with Crippen molar-refractivity contribution in [3.8, 4) is 5.75 Å². The largest absolute Gasteiger partial charge is 0.497 e. The number of nitrogens with two attached hydrogens (primary N) is 1. The van der Waals surface area contributed by atoms with E-state index in [1.807, 2.05) is 30.3 Å². The maximum Gasteiger partial charge on any atom is 0.330 e. The number of hydrogen-bond donors (Lipinski definition) is 3. The number of nitrogen functional groups attached to an aromatic ring is 1. The van der Waals surface area contributed by atoms with Crippen molar-refractivity contribution in [1.29, 1.82) is 0 Å². The molecule has 3 aromatic rings. The molecule has 0 saturated heterocycles. The van der Waals surface area contributed by atoms with E-state index >= 15 is 0 Å². The standard InChI is InChI=1S/C24H27N5O5/c1-15(30)26-19(17-9-11-18(34-3)12-10-17)13-20(31)28(2)21-22(25)29(24(33)27-23(21)32)14-16-7-5-4-6-8-16/h4-12,19H,13-14,25H2,1-3H3,(H,26,30)(H,27,32,33). The summed E-state index contributed by atoms with van der Waals surface area (Å²) in [5, 5.41) is 2.75. The molecule has 0 radical (unpaired) electrons. The minimum absolute atomic E-state index is 0.123. The molecule has 0 bridgehead atoms. The molecule has 1 unspecified atom stereocenters. The molecule has 1 atom stereocenters. The van der Waals surface area contributed by atoms with E-state index in [1.54, 1.807) is 24.3 Å². The Morgan fingerprint density at radius 3 is 2.35 bits per heavy atom. The summed E-state index contributed by atoms with van der Waals surface area (Å²) in [6, 6.07) is 15.4. The number of anilines is 2. The van der Waals surface area contributed by atoms with Crippen LogP contribution >= 0.6 is 0 Å². The molecule has 0 spiro atoms. The first-order valence-corrected chi connectivity index (χ1v) is 10.6. The maximum absolute atomic E-state index is 13.1. The highest BCUT2D eigenvalue weighted by Gasteiger charge is 2.25. The number of aromatic amines is 1. The molecule has 4 N–H and O–H groups in total. The Balaban J connectivity index is 1.91. The fourth-order valence-corrected chi connectivity index (χ4v) is 3.59. The SMILES string of the molecule is COc1ccc(C(CC(=O)N(C)c2c(N)n(Cc3ccccc3)c(=O)[nH]c2=O)NC(C)=O)cc1. The van der Waals surface area contributed by atoms with Crippen molar-refractivity contribution >= 4 is 23.3 Å². The number of methoxy groups -OCH3 is 1. The minimum atomic E-state index is -0.775. The van der Waals surface area contributed by atoms with E-state index in [1.165, 1.54) is 25.6 Å². The number of rotatable bonds is 8. The molecule has 0 aliphatic heterocycles. The van der Waals surface area contributed by atoms with Crippen LogP contribution in [0.1, 0.15) is 30.5 Å². The predicted molar refractivity (Wildman–Crippen MR) is 129 cm³/mol. The molecule has 2 amide bonds. The molecule has 34 heavy (non-hydrogen) atoms. The highest BCUT2D eigenvalue weighted by Crippen LogP contribution is 2.23. The van der Waals surface area contributed by atoms with Gasteiger partial charge in [-0.05, 0) is 23.3 Å². The molecule has 1 aromatic heterocycles. The third-order valence-electron chi connectivity index (χ3n) is 5.38. The zero-order valence-corrected chi connectivity index (χ0v) is 19.2. The van der Waals surface area contributed by atoms with Crippen molar-refractivity contribution in [3.05, 3.63) is 86.6 Å². The van der Waals surface area contributed by atoms with E-state index in [9.17, 15) is 19.2 Å². The van der Waals surface area contributed by atoms with Gasteiger partial charge in [-0.2, -0.15) is 0 Å². The summed E-state index contributed by atoms with van der Waals surface area (Å²) in [4.78, 5) is 53.2. The highest BCUT2D eigenvalue weighted by atomic mass is 16.5. The maximum atomic E-state index is 13.1. The van der Waals surface area contributed by atoms with E-state index in [4.69, 9.17) is 10.5 Å². The van der Waals surface area contributed by atoms with Crippen LogP contribution in [0.15, 0.2) is 64.2 Å². The van der Waals surface area contributed by atoms with Gasteiger partial charge in [0.1, 0.15) is 11.6 Å². The fraction of sp³-hybridized carbons (Fsp3) is 0.250. The van der Waals surface area contributed by atoms with Crippen LogP contribution in [0.3, 0.4) is 0 Å². The van der Waals surface area contributed by atoms with E-state index in [-0.39, 0.29) is 30.4 Å². The number of benzene rings is 2. The van der Waals surface area contributed by atoms with Crippen LogP contribution < -0.4 is 31.9 Å². The lowest BCUT2D eigenvalue weighted by molar-refractivity contribution is -0.121. The fourth-order valence-electron chi connectivity index (χ4n) is 3.59. The Kier molecular flexibility index (Phi) is 7.52.